The fraction of sp³-hybridized carbons (Fsp3) is 0.333. The van der Waals surface area contributed by atoms with Crippen molar-refractivity contribution in [2.45, 2.75) is 45.6 Å². The summed E-state index contributed by atoms with van der Waals surface area (Å²) in [5.41, 5.74) is 8.95. The summed E-state index contributed by atoms with van der Waals surface area (Å²) in [6.45, 7) is 12.0. The molecule has 0 aliphatic carbocycles. The van der Waals surface area contributed by atoms with Crippen molar-refractivity contribution in [1.29, 1.82) is 0 Å². The van der Waals surface area contributed by atoms with Gasteiger partial charge in [-0.2, -0.15) is 0 Å². The van der Waals surface area contributed by atoms with Gasteiger partial charge in [0, 0.05) is 48.0 Å². The van der Waals surface area contributed by atoms with Gasteiger partial charge in [-0.1, -0.05) is 44.5 Å². The van der Waals surface area contributed by atoms with Crippen molar-refractivity contribution >= 4 is 40.3 Å². The highest BCUT2D eigenvalue weighted by Crippen LogP contribution is 2.36. The van der Waals surface area contributed by atoms with Crippen LogP contribution in [0.1, 0.15) is 61.1 Å². The summed E-state index contributed by atoms with van der Waals surface area (Å²) in [5.74, 6) is 0.307. The van der Waals surface area contributed by atoms with Crippen LogP contribution in [0.25, 0.3) is 22.4 Å². The molecule has 0 bridgehead atoms. The number of benzene rings is 1. The molecule has 1 aliphatic rings. The number of aromatic nitrogens is 2. The molecule has 202 valence electrons. The lowest BCUT2D eigenvalue weighted by Gasteiger charge is -2.47. The van der Waals surface area contributed by atoms with Crippen molar-refractivity contribution in [2.24, 2.45) is 5.73 Å². The zero-order valence-electron chi connectivity index (χ0n) is 22.8. The van der Waals surface area contributed by atoms with Gasteiger partial charge in [0.15, 0.2) is 11.3 Å². The van der Waals surface area contributed by atoms with Gasteiger partial charge in [-0.15, -0.1) is 0 Å². The largest absolute Gasteiger partial charge is 0.449 e. The molecule has 2 N–H and O–H groups in total. The Kier molecular flexibility index (Phi) is 6.63. The minimum atomic E-state index is -0.514. The lowest BCUT2D eigenvalue weighted by Crippen LogP contribution is -2.61. The highest BCUT2D eigenvalue weighted by molar-refractivity contribution is 6.30. The number of fused-ring (bicyclic) bond motifs is 1. The van der Waals surface area contributed by atoms with Gasteiger partial charge in [-0.3, -0.25) is 9.59 Å². The third-order valence-electron chi connectivity index (χ3n) is 7.14. The molecule has 0 radical (unpaired) electrons. The smallest absolute Gasteiger partial charge is 0.290 e. The van der Waals surface area contributed by atoms with E-state index in [1.54, 1.807) is 18.2 Å². The number of furan rings is 1. The highest BCUT2D eigenvalue weighted by atomic mass is 35.5. The summed E-state index contributed by atoms with van der Waals surface area (Å²) in [7, 11) is 0. The number of halogens is 1. The van der Waals surface area contributed by atoms with E-state index in [0.29, 0.717) is 41.3 Å². The summed E-state index contributed by atoms with van der Waals surface area (Å²) in [5, 5.41) is 0.660. The third-order valence-corrected chi connectivity index (χ3v) is 7.39. The molecule has 1 fully saturated rings. The number of carbonyl (C=O) groups excluding carboxylic acids is 2. The van der Waals surface area contributed by atoms with Crippen LogP contribution in [0.2, 0.25) is 5.02 Å². The van der Waals surface area contributed by atoms with Crippen LogP contribution in [0, 0.1) is 0 Å². The first kappa shape index (κ1) is 26.7. The predicted molar refractivity (Wildman–Crippen MR) is 153 cm³/mol. The predicted octanol–water partition coefficient (Wildman–Crippen LogP) is 5.68. The van der Waals surface area contributed by atoms with Gasteiger partial charge in [0.25, 0.3) is 5.91 Å². The van der Waals surface area contributed by atoms with E-state index in [0.717, 1.165) is 22.6 Å². The fourth-order valence-corrected chi connectivity index (χ4v) is 5.16. The fourth-order valence-electron chi connectivity index (χ4n) is 5.03. The van der Waals surface area contributed by atoms with Gasteiger partial charge in [-0.05, 0) is 49.6 Å². The normalized spacial score (nSPS) is 15.5. The Balaban J connectivity index is 1.45. The molecule has 1 aliphatic heterocycles. The molecule has 4 heterocycles. The number of piperazine rings is 1. The highest BCUT2D eigenvalue weighted by Gasteiger charge is 2.39. The molecule has 9 heteroatoms. The van der Waals surface area contributed by atoms with Crippen LogP contribution in [0.15, 0.2) is 59.1 Å². The number of anilines is 1. The summed E-state index contributed by atoms with van der Waals surface area (Å²) >= 11 is 6.09. The first-order valence-corrected chi connectivity index (χ1v) is 13.2. The Hall–Kier alpha value is -3.91. The minimum Gasteiger partial charge on any atom is -0.449 e. The number of amides is 2. The summed E-state index contributed by atoms with van der Waals surface area (Å²) in [4.78, 5) is 38.4. The van der Waals surface area contributed by atoms with Crippen LogP contribution in [0.4, 0.5) is 5.82 Å². The number of hydrogen-bond donors (Lipinski definition) is 1. The molecule has 4 aromatic rings. The third kappa shape index (κ3) is 5.21. The van der Waals surface area contributed by atoms with E-state index < -0.39 is 11.4 Å². The number of pyridine rings is 2. The van der Waals surface area contributed by atoms with E-state index in [-0.39, 0.29) is 17.1 Å². The van der Waals surface area contributed by atoms with E-state index in [4.69, 9.17) is 26.7 Å². The van der Waals surface area contributed by atoms with E-state index in [2.05, 4.69) is 30.7 Å². The number of carbonyl (C=O) groups is 2. The van der Waals surface area contributed by atoms with Gasteiger partial charge in [0.2, 0.25) is 5.91 Å². The minimum absolute atomic E-state index is 0.178. The Bertz CT molecular complexity index is 1550. The second kappa shape index (κ2) is 9.68. The monoisotopic (exact) mass is 545 g/mol. The number of rotatable bonds is 4. The molecule has 39 heavy (non-hydrogen) atoms. The van der Waals surface area contributed by atoms with Gasteiger partial charge in [0.1, 0.15) is 11.3 Å². The molecule has 5 rings (SSSR count). The topological polar surface area (TPSA) is 106 Å². The Morgan fingerprint density at radius 2 is 1.77 bits per heavy atom. The van der Waals surface area contributed by atoms with Gasteiger partial charge >= 0.3 is 0 Å². The molecule has 0 unspecified atom stereocenters. The van der Waals surface area contributed by atoms with Crippen LogP contribution in [-0.4, -0.2) is 51.9 Å². The second-order valence-corrected chi connectivity index (χ2v) is 12.0. The zero-order chi connectivity index (χ0) is 28.1. The van der Waals surface area contributed by atoms with E-state index in [1.807, 2.05) is 49.1 Å². The molecular formula is C30H32ClN5O3. The zero-order valence-corrected chi connectivity index (χ0v) is 23.5. The number of hydrogen-bond acceptors (Lipinski definition) is 6. The maximum atomic E-state index is 13.8. The molecule has 8 nitrogen and oxygen atoms in total. The maximum Gasteiger partial charge on any atom is 0.290 e. The number of primary amides is 1. The molecule has 1 saturated heterocycles. The summed E-state index contributed by atoms with van der Waals surface area (Å²) in [6, 6.07) is 14.8. The average molecular weight is 546 g/mol. The van der Waals surface area contributed by atoms with Crippen LogP contribution in [0.5, 0.6) is 0 Å². The van der Waals surface area contributed by atoms with Crippen LogP contribution < -0.4 is 10.6 Å². The first-order chi connectivity index (χ1) is 18.3. The lowest BCUT2D eigenvalue weighted by atomic mass is 9.86. The average Bonchev–Trinajstić information content (AvgIpc) is 3.31. The molecule has 1 aromatic carbocycles. The van der Waals surface area contributed by atoms with Crippen molar-refractivity contribution in [3.8, 4) is 11.3 Å². The molecule has 0 saturated carbocycles. The van der Waals surface area contributed by atoms with Crippen LogP contribution in [0.3, 0.4) is 0 Å². The van der Waals surface area contributed by atoms with Crippen molar-refractivity contribution in [2.75, 3.05) is 24.5 Å². The Morgan fingerprint density at radius 3 is 2.36 bits per heavy atom. The lowest BCUT2D eigenvalue weighted by molar-refractivity contribution is 0.0483. The molecular weight excluding hydrogens is 514 g/mol. The molecule has 0 spiro atoms. The van der Waals surface area contributed by atoms with Crippen molar-refractivity contribution < 1.29 is 14.0 Å². The Morgan fingerprint density at radius 1 is 1.05 bits per heavy atom. The van der Waals surface area contributed by atoms with Crippen LogP contribution in [-0.2, 0) is 5.41 Å². The van der Waals surface area contributed by atoms with Crippen molar-refractivity contribution in [1.82, 2.24) is 14.9 Å². The van der Waals surface area contributed by atoms with E-state index >= 15 is 0 Å². The van der Waals surface area contributed by atoms with E-state index in [9.17, 15) is 9.59 Å². The number of nitrogens with two attached hydrogens (primary N) is 1. The van der Waals surface area contributed by atoms with Gasteiger partial charge in [0.05, 0.1) is 16.8 Å². The van der Waals surface area contributed by atoms with Gasteiger partial charge in [-0.25, -0.2) is 9.97 Å². The molecule has 3 aromatic heterocycles. The molecule has 0 atom stereocenters. The summed E-state index contributed by atoms with van der Waals surface area (Å²) in [6.07, 6.45) is 1.48. The SMILES string of the molecule is CC(C)(C)c1cc(-c2ccc(Cl)cc2)nc2cc(C(=O)N3CCN(c4ccc(C(N)=O)cn4)CC3(C)C)oc12. The van der Waals surface area contributed by atoms with E-state index in [1.165, 1.54) is 6.20 Å². The van der Waals surface area contributed by atoms with Crippen LogP contribution >= 0.6 is 11.6 Å². The Labute approximate surface area is 232 Å². The first-order valence-electron chi connectivity index (χ1n) is 12.9. The standard InChI is InChI=1S/C30H32ClN5O3/c1-29(2,3)21-14-22(18-6-9-20(31)10-7-18)34-23-15-24(39-26(21)23)28(38)36-13-12-35(17-30(36,4)5)25-11-8-19(16-33-25)27(32)37/h6-11,14-16H,12-13,17H2,1-5H3,(H2,32,37). The van der Waals surface area contributed by atoms with Crippen molar-refractivity contribution in [3.63, 3.8) is 0 Å². The summed E-state index contributed by atoms with van der Waals surface area (Å²) < 4.78 is 6.25. The van der Waals surface area contributed by atoms with Gasteiger partial charge < -0.3 is 20.0 Å². The number of nitrogens with zero attached hydrogens (tertiary/aromatic N) is 4. The maximum absolute atomic E-state index is 13.8. The second-order valence-electron chi connectivity index (χ2n) is 11.6. The quantitative estimate of drug-likeness (QED) is 0.353. The van der Waals surface area contributed by atoms with Crippen molar-refractivity contribution in [3.05, 3.63) is 76.6 Å². The molecule has 2 amide bonds.